The second kappa shape index (κ2) is 3.39. The summed E-state index contributed by atoms with van der Waals surface area (Å²) in [6.45, 7) is 2.05. The predicted molar refractivity (Wildman–Crippen MR) is 41.9 cm³/mol. The molecule has 11 heavy (non-hydrogen) atoms. The lowest BCUT2D eigenvalue weighted by Gasteiger charge is -1.97. The van der Waals surface area contributed by atoms with Crippen molar-refractivity contribution in [2.24, 2.45) is 0 Å². The van der Waals surface area contributed by atoms with E-state index in [0.29, 0.717) is 6.61 Å². The zero-order valence-corrected chi connectivity index (χ0v) is 6.85. The van der Waals surface area contributed by atoms with Crippen molar-refractivity contribution in [2.45, 2.75) is 6.92 Å². The summed E-state index contributed by atoms with van der Waals surface area (Å²) in [6.07, 6.45) is 0. The smallest absolute Gasteiger partial charge is 0.342 e. The number of rotatable bonds is 2. The van der Waals surface area contributed by atoms with E-state index in [1.165, 1.54) is 16.7 Å². The maximum Gasteiger partial charge on any atom is 0.342 e. The maximum atomic E-state index is 11.0. The van der Waals surface area contributed by atoms with Gasteiger partial charge in [-0.25, -0.2) is 4.79 Å². The van der Waals surface area contributed by atoms with Gasteiger partial charge in [-0.3, -0.25) is 0 Å². The van der Waals surface area contributed by atoms with Crippen LogP contribution in [-0.4, -0.2) is 17.7 Å². The van der Waals surface area contributed by atoms with E-state index in [2.05, 4.69) is 4.74 Å². The van der Waals surface area contributed by atoms with Crippen LogP contribution >= 0.6 is 11.3 Å². The Labute approximate surface area is 68.2 Å². The quantitative estimate of drug-likeness (QED) is 0.689. The summed E-state index contributed by atoms with van der Waals surface area (Å²) in [4.78, 5) is 11.0. The molecule has 0 unspecified atom stereocenters. The minimum atomic E-state index is -0.466. The van der Waals surface area contributed by atoms with Crippen molar-refractivity contribution < 1.29 is 14.6 Å². The van der Waals surface area contributed by atoms with Gasteiger partial charge in [-0.1, -0.05) is 0 Å². The summed E-state index contributed by atoms with van der Waals surface area (Å²) in [5.74, 6) is -0.472. The molecule has 0 amide bonds. The fraction of sp³-hybridized carbons (Fsp3) is 0.286. The third-order valence-corrected chi connectivity index (χ3v) is 1.87. The largest absolute Gasteiger partial charge is 0.506 e. The molecule has 0 aliphatic carbocycles. The second-order valence-electron chi connectivity index (χ2n) is 1.89. The van der Waals surface area contributed by atoms with Crippen molar-refractivity contribution in [1.29, 1.82) is 0 Å². The number of esters is 1. The van der Waals surface area contributed by atoms with Crippen LogP contribution in [0, 0.1) is 0 Å². The third kappa shape index (κ3) is 1.71. The number of hydrogen-bond acceptors (Lipinski definition) is 4. The molecule has 0 aliphatic heterocycles. The molecular formula is C7H8O3S. The van der Waals surface area contributed by atoms with Crippen LogP contribution in [0.15, 0.2) is 10.8 Å². The Hall–Kier alpha value is -1.03. The zero-order valence-electron chi connectivity index (χ0n) is 6.03. The molecule has 1 N–H and O–H groups in total. The van der Waals surface area contributed by atoms with E-state index < -0.39 is 5.97 Å². The maximum absolute atomic E-state index is 11.0. The molecule has 4 heteroatoms. The number of ether oxygens (including phenoxy) is 1. The van der Waals surface area contributed by atoms with Gasteiger partial charge in [-0.2, -0.15) is 0 Å². The van der Waals surface area contributed by atoms with Crippen molar-refractivity contribution in [2.75, 3.05) is 6.61 Å². The standard InChI is InChI=1S/C7H8O3S/c1-2-10-7(9)5-3-11-4-6(5)8/h3-4,8H,2H2,1H3. The first-order valence-corrected chi connectivity index (χ1v) is 4.12. The molecule has 0 saturated heterocycles. The van der Waals surface area contributed by atoms with Gasteiger partial charge >= 0.3 is 5.97 Å². The Bertz CT molecular complexity index is 254. The van der Waals surface area contributed by atoms with Crippen LogP contribution in [0.5, 0.6) is 5.75 Å². The van der Waals surface area contributed by atoms with Gasteiger partial charge in [0, 0.05) is 10.8 Å². The van der Waals surface area contributed by atoms with E-state index in [0.717, 1.165) is 0 Å². The molecular weight excluding hydrogens is 164 g/mol. The summed E-state index contributed by atoms with van der Waals surface area (Å²) >= 11 is 1.27. The molecule has 1 aromatic rings. The first-order chi connectivity index (χ1) is 5.25. The lowest BCUT2D eigenvalue weighted by molar-refractivity contribution is 0.0524. The average Bonchev–Trinajstić information content (AvgIpc) is 2.36. The van der Waals surface area contributed by atoms with Crippen LogP contribution in [0.3, 0.4) is 0 Å². The molecule has 1 heterocycles. The molecule has 0 saturated carbocycles. The Balaban J connectivity index is 2.76. The van der Waals surface area contributed by atoms with Gasteiger partial charge in [-0.05, 0) is 6.92 Å². The lowest BCUT2D eigenvalue weighted by atomic mass is 10.3. The van der Waals surface area contributed by atoms with E-state index >= 15 is 0 Å². The molecule has 3 nitrogen and oxygen atoms in total. The van der Waals surface area contributed by atoms with E-state index in [9.17, 15) is 4.79 Å². The topological polar surface area (TPSA) is 46.5 Å². The third-order valence-electron chi connectivity index (χ3n) is 1.14. The lowest BCUT2D eigenvalue weighted by Crippen LogP contribution is -2.02. The number of thiophene rings is 1. The zero-order chi connectivity index (χ0) is 8.27. The monoisotopic (exact) mass is 172 g/mol. The van der Waals surface area contributed by atoms with Crippen molar-refractivity contribution in [3.8, 4) is 5.75 Å². The Morgan fingerprint density at radius 1 is 1.73 bits per heavy atom. The van der Waals surface area contributed by atoms with Gasteiger partial charge in [0.1, 0.15) is 11.3 Å². The van der Waals surface area contributed by atoms with E-state index in [-0.39, 0.29) is 11.3 Å². The fourth-order valence-electron chi connectivity index (χ4n) is 0.652. The molecule has 0 aliphatic rings. The molecule has 0 atom stereocenters. The van der Waals surface area contributed by atoms with Gasteiger partial charge in [-0.15, -0.1) is 11.3 Å². The van der Waals surface area contributed by atoms with Crippen molar-refractivity contribution in [1.82, 2.24) is 0 Å². The van der Waals surface area contributed by atoms with Gasteiger partial charge in [0.25, 0.3) is 0 Å². The molecule has 0 aromatic carbocycles. The molecule has 0 radical (unpaired) electrons. The fourth-order valence-corrected chi connectivity index (χ4v) is 1.33. The Kier molecular flexibility index (Phi) is 2.48. The molecule has 60 valence electrons. The Morgan fingerprint density at radius 2 is 2.45 bits per heavy atom. The van der Waals surface area contributed by atoms with Gasteiger partial charge in [0.05, 0.1) is 6.61 Å². The first kappa shape index (κ1) is 8.07. The average molecular weight is 172 g/mol. The van der Waals surface area contributed by atoms with Crippen LogP contribution < -0.4 is 0 Å². The van der Waals surface area contributed by atoms with E-state index in [1.807, 2.05) is 0 Å². The van der Waals surface area contributed by atoms with Crippen LogP contribution in [0.2, 0.25) is 0 Å². The van der Waals surface area contributed by atoms with E-state index in [1.54, 1.807) is 12.3 Å². The highest BCUT2D eigenvalue weighted by molar-refractivity contribution is 7.08. The van der Waals surface area contributed by atoms with Gasteiger partial charge in [0.2, 0.25) is 0 Å². The number of aromatic hydroxyl groups is 1. The molecule has 1 rings (SSSR count). The highest BCUT2D eigenvalue weighted by atomic mass is 32.1. The normalized spacial score (nSPS) is 9.55. The van der Waals surface area contributed by atoms with Crippen molar-refractivity contribution in [3.63, 3.8) is 0 Å². The summed E-state index contributed by atoms with van der Waals surface area (Å²) in [5.41, 5.74) is 0.247. The number of carbonyl (C=O) groups is 1. The van der Waals surface area contributed by atoms with Crippen molar-refractivity contribution >= 4 is 17.3 Å². The van der Waals surface area contributed by atoms with Gasteiger partial charge < -0.3 is 9.84 Å². The summed E-state index contributed by atoms with van der Waals surface area (Å²) < 4.78 is 4.67. The second-order valence-corrected chi connectivity index (χ2v) is 2.63. The van der Waals surface area contributed by atoms with E-state index in [4.69, 9.17) is 5.11 Å². The van der Waals surface area contributed by atoms with Crippen LogP contribution in [-0.2, 0) is 4.74 Å². The molecule has 1 aromatic heterocycles. The SMILES string of the molecule is CCOC(=O)c1cscc1O. The predicted octanol–water partition coefficient (Wildman–Crippen LogP) is 1.63. The summed E-state index contributed by atoms with van der Waals surface area (Å²) in [6, 6.07) is 0. The number of carbonyl (C=O) groups excluding carboxylic acids is 1. The highest BCUT2D eigenvalue weighted by Crippen LogP contribution is 2.22. The highest BCUT2D eigenvalue weighted by Gasteiger charge is 2.11. The van der Waals surface area contributed by atoms with Gasteiger partial charge in [0.15, 0.2) is 0 Å². The Morgan fingerprint density at radius 3 is 2.91 bits per heavy atom. The minimum absolute atomic E-state index is 0.00606. The minimum Gasteiger partial charge on any atom is -0.506 e. The molecule has 0 spiro atoms. The van der Waals surface area contributed by atoms with Crippen molar-refractivity contribution in [3.05, 3.63) is 16.3 Å². The summed E-state index contributed by atoms with van der Waals surface area (Å²) in [7, 11) is 0. The van der Waals surface area contributed by atoms with Crippen LogP contribution in [0.4, 0.5) is 0 Å². The number of hydrogen-bond donors (Lipinski definition) is 1. The first-order valence-electron chi connectivity index (χ1n) is 3.18. The van der Waals surface area contributed by atoms with Crippen LogP contribution in [0.25, 0.3) is 0 Å². The van der Waals surface area contributed by atoms with Crippen LogP contribution in [0.1, 0.15) is 17.3 Å². The molecule has 0 bridgehead atoms. The summed E-state index contributed by atoms with van der Waals surface area (Å²) in [5, 5.41) is 12.1. The molecule has 0 fully saturated rings.